The molecule has 1 fully saturated rings. The highest BCUT2D eigenvalue weighted by Gasteiger charge is 2.33. The van der Waals surface area contributed by atoms with E-state index in [0.717, 1.165) is 48.2 Å². The molecule has 1 aromatic carbocycles. The van der Waals surface area contributed by atoms with E-state index >= 15 is 0 Å². The second-order valence-electron chi connectivity index (χ2n) is 9.97. The van der Waals surface area contributed by atoms with Gasteiger partial charge in [-0.2, -0.15) is 10.2 Å². The van der Waals surface area contributed by atoms with E-state index in [1.54, 1.807) is 29.1 Å². The minimum absolute atomic E-state index is 0.0571. The number of carbonyl (C=O) groups excluding carboxylic acids is 2. The molecule has 1 aliphatic carbocycles. The first-order valence-corrected chi connectivity index (χ1v) is 12.8. The Balaban J connectivity index is 1.53. The van der Waals surface area contributed by atoms with Crippen LogP contribution in [0.15, 0.2) is 61.8 Å². The van der Waals surface area contributed by atoms with Crippen LogP contribution in [0.2, 0.25) is 0 Å². The summed E-state index contributed by atoms with van der Waals surface area (Å²) in [6.45, 7) is 13.8. The van der Waals surface area contributed by atoms with Crippen LogP contribution in [0, 0.1) is 25.7 Å². The zero-order valence-electron chi connectivity index (χ0n) is 21.8. The van der Waals surface area contributed by atoms with E-state index < -0.39 is 6.04 Å². The average Bonchev–Trinajstić information content (AvgIpc) is 3.51. The van der Waals surface area contributed by atoms with Gasteiger partial charge in [-0.15, -0.1) is 13.2 Å². The van der Waals surface area contributed by atoms with E-state index in [4.69, 9.17) is 0 Å². The van der Waals surface area contributed by atoms with Gasteiger partial charge in [0.1, 0.15) is 11.7 Å². The second-order valence-corrected chi connectivity index (χ2v) is 9.97. The van der Waals surface area contributed by atoms with Gasteiger partial charge in [-0.25, -0.2) is 4.68 Å². The summed E-state index contributed by atoms with van der Waals surface area (Å²) in [5, 5.41) is 17.6. The highest BCUT2D eigenvalue weighted by Crippen LogP contribution is 2.32. The maximum Gasteiger partial charge on any atom is 0.270 e. The summed E-state index contributed by atoms with van der Waals surface area (Å²) in [5.41, 5.74) is 5.06. The van der Waals surface area contributed by atoms with Crippen LogP contribution in [0.1, 0.15) is 60.5 Å². The van der Waals surface area contributed by atoms with Crippen molar-refractivity contribution in [1.29, 1.82) is 0 Å². The molecule has 0 aliphatic heterocycles. The minimum atomic E-state index is -0.660. The van der Waals surface area contributed by atoms with Gasteiger partial charge >= 0.3 is 0 Å². The zero-order valence-corrected chi connectivity index (χ0v) is 21.8. The normalized spacial score (nSPS) is 18.3. The van der Waals surface area contributed by atoms with E-state index in [2.05, 4.69) is 46.0 Å². The van der Waals surface area contributed by atoms with Crippen LogP contribution in [-0.4, -0.2) is 37.8 Å². The lowest BCUT2D eigenvalue weighted by atomic mass is 9.79. The van der Waals surface area contributed by atoms with Crippen molar-refractivity contribution in [3.8, 4) is 11.1 Å². The highest BCUT2D eigenvalue weighted by atomic mass is 16.2. The topological polar surface area (TPSA) is 105 Å². The predicted octanol–water partition coefficient (Wildman–Crippen LogP) is 5.37. The van der Waals surface area contributed by atoms with Gasteiger partial charge in [0.2, 0.25) is 5.91 Å². The summed E-state index contributed by atoms with van der Waals surface area (Å²) < 4.78 is 1.56. The third-order valence-electron chi connectivity index (χ3n) is 7.34. The van der Waals surface area contributed by atoms with Crippen LogP contribution in [0.25, 0.3) is 11.1 Å². The number of carbonyl (C=O) groups is 2. The first-order chi connectivity index (χ1) is 17.8. The molecule has 0 spiro atoms. The lowest BCUT2D eigenvalue weighted by molar-refractivity contribution is -0.119. The Kier molecular flexibility index (Phi) is 8.06. The molecule has 3 aromatic rings. The first-order valence-electron chi connectivity index (χ1n) is 12.8. The van der Waals surface area contributed by atoms with Crippen molar-refractivity contribution in [2.24, 2.45) is 11.8 Å². The quantitative estimate of drug-likeness (QED) is 0.344. The van der Waals surface area contributed by atoms with Gasteiger partial charge in [0, 0.05) is 23.1 Å². The Morgan fingerprint density at radius 2 is 1.76 bits per heavy atom. The summed E-state index contributed by atoms with van der Waals surface area (Å²) in [7, 11) is 0. The van der Waals surface area contributed by atoms with E-state index in [1.165, 1.54) is 0 Å². The standard InChI is InChI=1S/C29H36N6O2/c1-6-24(7-2)35-25(16-17-30-35)28(36)32-27(22-10-8-18(3)9-11-22)29(37)31-23-14-12-21(13-15-23)26-19(4)33-34-20(26)5/h6-7,12-18,22,24,27H,1-2,8-11H2,3-5H3,(H,31,37)(H,32,36)(H,33,34)/t18?,22?,27-/m0/s1. The number of aryl methyl sites for hydroxylation is 2. The van der Waals surface area contributed by atoms with Gasteiger partial charge in [-0.1, -0.05) is 44.1 Å². The lowest BCUT2D eigenvalue weighted by Gasteiger charge is -2.32. The van der Waals surface area contributed by atoms with E-state index in [0.29, 0.717) is 17.3 Å². The number of aromatic nitrogens is 4. The van der Waals surface area contributed by atoms with Crippen LogP contribution in [-0.2, 0) is 4.79 Å². The molecule has 8 nitrogen and oxygen atoms in total. The summed E-state index contributed by atoms with van der Waals surface area (Å²) in [4.78, 5) is 26.9. The van der Waals surface area contributed by atoms with Crippen molar-refractivity contribution in [2.75, 3.05) is 5.32 Å². The van der Waals surface area contributed by atoms with Crippen molar-refractivity contribution in [3.63, 3.8) is 0 Å². The van der Waals surface area contributed by atoms with Gasteiger partial charge in [-0.05, 0) is 62.3 Å². The van der Waals surface area contributed by atoms with Gasteiger partial charge in [0.05, 0.1) is 11.7 Å². The highest BCUT2D eigenvalue weighted by molar-refractivity contribution is 6.00. The van der Waals surface area contributed by atoms with E-state index in [1.807, 2.05) is 38.1 Å². The molecule has 4 rings (SSSR count). The molecule has 2 aromatic heterocycles. The molecular weight excluding hydrogens is 464 g/mol. The fourth-order valence-electron chi connectivity index (χ4n) is 5.18. The number of hydrogen-bond donors (Lipinski definition) is 3. The number of rotatable bonds is 9. The Hall–Kier alpha value is -3.94. The Morgan fingerprint density at radius 3 is 2.35 bits per heavy atom. The van der Waals surface area contributed by atoms with Crippen LogP contribution < -0.4 is 10.6 Å². The third-order valence-corrected chi connectivity index (χ3v) is 7.34. The Bertz CT molecular complexity index is 1240. The molecule has 37 heavy (non-hydrogen) atoms. The van der Waals surface area contributed by atoms with Gasteiger partial charge in [0.15, 0.2) is 0 Å². The largest absolute Gasteiger partial charge is 0.339 e. The number of amides is 2. The Morgan fingerprint density at radius 1 is 1.08 bits per heavy atom. The molecule has 2 amide bonds. The molecule has 1 atom stereocenters. The molecule has 0 bridgehead atoms. The van der Waals surface area contributed by atoms with Crippen molar-refractivity contribution >= 4 is 17.5 Å². The summed E-state index contributed by atoms with van der Waals surface area (Å²) in [5.74, 6) is 0.125. The molecule has 1 aliphatic rings. The molecule has 0 radical (unpaired) electrons. The SMILES string of the molecule is C=CC(C=C)n1nccc1C(=O)N[C@H](C(=O)Nc1ccc(-c2c(C)n[nH]c2C)cc1)C1CCC(C)CC1. The molecule has 1 saturated carbocycles. The van der Waals surface area contributed by atoms with Crippen LogP contribution in [0.4, 0.5) is 5.69 Å². The smallest absolute Gasteiger partial charge is 0.270 e. The van der Waals surface area contributed by atoms with E-state index in [-0.39, 0.29) is 23.8 Å². The minimum Gasteiger partial charge on any atom is -0.339 e. The lowest BCUT2D eigenvalue weighted by Crippen LogP contribution is -2.49. The Labute approximate surface area is 218 Å². The zero-order chi connectivity index (χ0) is 26.5. The first kappa shape index (κ1) is 26.1. The second kappa shape index (κ2) is 11.4. The fourth-order valence-corrected chi connectivity index (χ4v) is 5.18. The molecule has 194 valence electrons. The van der Waals surface area contributed by atoms with Crippen LogP contribution >= 0.6 is 0 Å². The number of nitrogens with zero attached hydrogens (tertiary/aromatic N) is 3. The summed E-state index contributed by atoms with van der Waals surface area (Å²) in [6, 6.07) is 8.38. The number of H-pyrrole nitrogens is 1. The molecule has 3 N–H and O–H groups in total. The van der Waals surface area contributed by atoms with E-state index in [9.17, 15) is 9.59 Å². The number of nitrogens with one attached hydrogen (secondary N) is 3. The van der Waals surface area contributed by atoms with Crippen molar-refractivity contribution in [2.45, 2.75) is 58.5 Å². The number of aromatic amines is 1. The fraction of sp³-hybridized carbons (Fsp3) is 0.379. The molecule has 0 unspecified atom stereocenters. The predicted molar refractivity (Wildman–Crippen MR) is 146 cm³/mol. The maximum atomic E-state index is 13.6. The maximum absolute atomic E-state index is 13.6. The summed E-state index contributed by atoms with van der Waals surface area (Å²) in [6.07, 6.45) is 8.75. The number of allylic oxidation sites excluding steroid dienone is 2. The molecule has 0 saturated heterocycles. The number of hydrogen-bond acceptors (Lipinski definition) is 4. The number of benzene rings is 1. The molecule has 8 heteroatoms. The van der Waals surface area contributed by atoms with Crippen molar-refractivity contribution < 1.29 is 9.59 Å². The monoisotopic (exact) mass is 500 g/mol. The van der Waals surface area contributed by atoms with Crippen molar-refractivity contribution in [1.82, 2.24) is 25.3 Å². The average molecular weight is 501 g/mol. The molecule has 2 heterocycles. The van der Waals surface area contributed by atoms with Crippen molar-refractivity contribution in [3.05, 3.63) is 78.9 Å². The number of anilines is 1. The van der Waals surface area contributed by atoms with Crippen LogP contribution in [0.5, 0.6) is 0 Å². The third kappa shape index (κ3) is 5.74. The van der Waals surface area contributed by atoms with Gasteiger partial charge in [0.25, 0.3) is 5.91 Å². The van der Waals surface area contributed by atoms with Gasteiger partial charge in [-0.3, -0.25) is 14.7 Å². The van der Waals surface area contributed by atoms with Gasteiger partial charge < -0.3 is 10.6 Å². The summed E-state index contributed by atoms with van der Waals surface area (Å²) >= 11 is 0. The van der Waals surface area contributed by atoms with Crippen LogP contribution in [0.3, 0.4) is 0 Å². The molecular formula is C29H36N6O2.